The minimum atomic E-state index is -4.24. The summed E-state index contributed by atoms with van der Waals surface area (Å²) < 4.78 is 59.6. The van der Waals surface area contributed by atoms with Gasteiger partial charge in [0.05, 0.1) is 25.8 Å². The van der Waals surface area contributed by atoms with Crippen LogP contribution in [0.1, 0.15) is 58.9 Å². The third-order valence-corrected chi connectivity index (χ3v) is 7.68. The fourth-order valence-corrected chi connectivity index (χ4v) is 5.65. The van der Waals surface area contributed by atoms with Crippen LogP contribution in [-0.4, -0.2) is 64.8 Å². The molecule has 5 rings (SSSR count). The summed E-state index contributed by atoms with van der Waals surface area (Å²) in [5.74, 6) is 0.151. The van der Waals surface area contributed by atoms with Crippen LogP contribution in [0, 0.1) is 5.82 Å². The summed E-state index contributed by atoms with van der Waals surface area (Å²) in [6, 6.07) is 5.48. The highest BCUT2D eigenvalue weighted by molar-refractivity contribution is 5.98. The van der Waals surface area contributed by atoms with Crippen LogP contribution in [0.25, 0.3) is 0 Å². The number of rotatable bonds is 12. The molecular formula is C29H34F4N6O2. The Kier molecular flexibility index (Phi) is 8.21. The molecule has 3 aromatic rings. The van der Waals surface area contributed by atoms with E-state index < -0.39 is 18.4 Å². The summed E-state index contributed by atoms with van der Waals surface area (Å²) in [6.07, 6.45) is 1.71. The molecule has 0 radical (unpaired) electrons. The van der Waals surface area contributed by atoms with Crippen LogP contribution in [0.2, 0.25) is 0 Å². The third kappa shape index (κ3) is 6.47. The Morgan fingerprint density at radius 1 is 1.17 bits per heavy atom. The zero-order chi connectivity index (χ0) is 29.2. The van der Waals surface area contributed by atoms with Crippen LogP contribution in [0.5, 0.6) is 5.75 Å². The van der Waals surface area contributed by atoms with E-state index in [9.17, 15) is 22.4 Å². The number of carbonyl (C=O) groups excluding carboxylic acids is 1. The highest BCUT2D eigenvalue weighted by Gasteiger charge is 2.52. The lowest BCUT2D eigenvalue weighted by atomic mass is 9.81. The number of fused-ring (bicyclic) bond motifs is 2. The summed E-state index contributed by atoms with van der Waals surface area (Å²) in [6.45, 7) is 3.52. The van der Waals surface area contributed by atoms with Crippen molar-refractivity contribution in [3.8, 4) is 5.75 Å². The minimum absolute atomic E-state index is 0.123. The molecule has 1 spiro atoms. The predicted molar refractivity (Wildman–Crippen MR) is 146 cm³/mol. The summed E-state index contributed by atoms with van der Waals surface area (Å²) in [5, 5.41) is 5.98. The van der Waals surface area contributed by atoms with Crippen molar-refractivity contribution in [2.75, 3.05) is 38.6 Å². The molecular weight excluding hydrogens is 540 g/mol. The molecule has 0 saturated heterocycles. The molecule has 0 unspecified atom stereocenters. The van der Waals surface area contributed by atoms with E-state index >= 15 is 0 Å². The Hall–Kier alpha value is -3.67. The van der Waals surface area contributed by atoms with Gasteiger partial charge in [0.25, 0.3) is 5.91 Å². The highest BCUT2D eigenvalue weighted by Crippen LogP contribution is 2.54. The molecule has 0 atom stereocenters. The van der Waals surface area contributed by atoms with Crippen LogP contribution in [-0.2, 0) is 24.9 Å². The SMILES string of the molecule is CCOc1cc(CCN2CC3(CC3)c3c(CNCCC(F)(F)F)cc(Cn4ccnc4NC)cc3C2=O)ncc1F. The average Bonchev–Trinajstić information content (AvgIpc) is 3.56. The van der Waals surface area contributed by atoms with Gasteiger partial charge in [-0.25, -0.2) is 9.37 Å². The summed E-state index contributed by atoms with van der Waals surface area (Å²) in [4.78, 5) is 24.2. The molecule has 3 heterocycles. The van der Waals surface area contributed by atoms with Crippen LogP contribution in [0.15, 0.2) is 36.8 Å². The van der Waals surface area contributed by atoms with Crippen LogP contribution >= 0.6 is 0 Å². The second kappa shape index (κ2) is 11.7. The van der Waals surface area contributed by atoms with Crippen molar-refractivity contribution in [3.05, 3.63) is 70.6 Å². The standard InChI is InChI=1S/C29H34F4N6O2/c1-3-41-24-14-21(37-16-23(24)30)4-10-39-18-28(5-6-28)25-20(15-35-8-7-29(31,32)33)12-19(13-22(25)26(39)40)17-38-11-9-36-27(38)34-2/h9,11-14,16,35H,3-8,10,15,17-18H2,1-2H3,(H,34,36). The number of alkyl halides is 3. The second-order valence-corrected chi connectivity index (χ2v) is 10.6. The first kappa shape index (κ1) is 28.8. The van der Waals surface area contributed by atoms with Crippen molar-refractivity contribution in [1.29, 1.82) is 0 Å². The Labute approximate surface area is 236 Å². The number of carbonyl (C=O) groups is 1. The van der Waals surface area contributed by atoms with E-state index in [1.807, 2.05) is 27.8 Å². The molecule has 12 heteroatoms. The molecule has 1 saturated carbocycles. The number of pyridine rings is 1. The number of amides is 1. The first-order chi connectivity index (χ1) is 19.6. The summed E-state index contributed by atoms with van der Waals surface area (Å²) in [5.41, 5.74) is 3.66. The normalized spacial score (nSPS) is 15.8. The van der Waals surface area contributed by atoms with Crippen molar-refractivity contribution in [3.63, 3.8) is 0 Å². The van der Waals surface area contributed by atoms with Crippen LogP contribution in [0.4, 0.5) is 23.5 Å². The molecule has 2 N–H and O–H groups in total. The van der Waals surface area contributed by atoms with Crippen molar-refractivity contribution in [1.82, 2.24) is 24.8 Å². The molecule has 41 heavy (non-hydrogen) atoms. The molecule has 1 aromatic carbocycles. The van der Waals surface area contributed by atoms with Crippen LogP contribution < -0.4 is 15.4 Å². The summed E-state index contributed by atoms with van der Waals surface area (Å²) >= 11 is 0. The van der Waals surface area contributed by atoms with Gasteiger partial charge in [-0.15, -0.1) is 0 Å². The first-order valence-corrected chi connectivity index (χ1v) is 13.8. The fourth-order valence-electron chi connectivity index (χ4n) is 5.65. The van der Waals surface area contributed by atoms with E-state index in [1.165, 1.54) is 0 Å². The van der Waals surface area contributed by atoms with Crippen molar-refractivity contribution < 1.29 is 27.1 Å². The topological polar surface area (TPSA) is 84.3 Å². The lowest BCUT2D eigenvalue weighted by Crippen LogP contribution is -2.45. The molecule has 1 aliphatic heterocycles. The van der Waals surface area contributed by atoms with Crippen molar-refractivity contribution in [2.45, 2.75) is 57.3 Å². The Morgan fingerprint density at radius 3 is 2.68 bits per heavy atom. The number of ether oxygens (including phenoxy) is 1. The van der Waals surface area contributed by atoms with Gasteiger partial charge in [0.15, 0.2) is 11.6 Å². The zero-order valence-corrected chi connectivity index (χ0v) is 23.2. The van der Waals surface area contributed by atoms with Gasteiger partial charge in [-0.1, -0.05) is 6.07 Å². The predicted octanol–water partition coefficient (Wildman–Crippen LogP) is 4.68. The van der Waals surface area contributed by atoms with Gasteiger partial charge in [-0.3, -0.25) is 9.78 Å². The first-order valence-electron chi connectivity index (χ1n) is 13.8. The average molecular weight is 575 g/mol. The summed E-state index contributed by atoms with van der Waals surface area (Å²) in [7, 11) is 1.77. The molecule has 2 aliphatic rings. The van der Waals surface area contributed by atoms with Gasteiger partial charge in [0, 0.05) is 74.8 Å². The van der Waals surface area contributed by atoms with E-state index in [0.717, 1.165) is 35.7 Å². The second-order valence-electron chi connectivity index (χ2n) is 10.6. The number of aromatic nitrogens is 3. The van der Waals surface area contributed by atoms with Gasteiger partial charge in [-0.2, -0.15) is 13.2 Å². The Balaban J connectivity index is 1.42. The maximum absolute atomic E-state index is 14.0. The van der Waals surface area contributed by atoms with Crippen LogP contribution in [0.3, 0.4) is 0 Å². The smallest absolute Gasteiger partial charge is 0.390 e. The fraction of sp³-hybridized carbons (Fsp3) is 0.483. The number of imidazole rings is 1. The number of anilines is 1. The lowest BCUT2D eigenvalue weighted by Gasteiger charge is -2.36. The van der Waals surface area contributed by atoms with Crippen molar-refractivity contribution in [2.24, 2.45) is 0 Å². The maximum Gasteiger partial charge on any atom is 0.390 e. The minimum Gasteiger partial charge on any atom is -0.491 e. The van der Waals surface area contributed by atoms with Gasteiger partial charge in [-0.05, 0) is 42.5 Å². The molecule has 1 amide bonds. The Bertz CT molecular complexity index is 1400. The number of nitrogens with zero attached hydrogens (tertiary/aromatic N) is 4. The van der Waals surface area contributed by atoms with Gasteiger partial charge in [0.2, 0.25) is 5.95 Å². The number of benzene rings is 1. The third-order valence-electron chi connectivity index (χ3n) is 7.68. The van der Waals surface area contributed by atoms with Gasteiger partial charge >= 0.3 is 6.18 Å². The van der Waals surface area contributed by atoms with Gasteiger partial charge in [0.1, 0.15) is 0 Å². The number of hydrogen-bond acceptors (Lipinski definition) is 6. The van der Waals surface area contributed by atoms with E-state index in [4.69, 9.17) is 4.74 Å². The molecule has 0 bridgehead atoms. The quantitative estimate of drug-likeness (QED) is 0.242. The largest absolute Gasteiger partial charge is 0.491 e. The highest BCUT2D eigenvalue weighted by atomic mass is 19.4. The Morgan fingerprint density at radius 2 is 1.98 bits per heavy atom. The molecule has 1 fully saturated rings. The van der Waals surface area contributed by atoms with Crippen molar-refractivity contribution >= 4 is 11.9 Å². The lowest BCUT2D eigenvalue weighted by molar-refractivity contribution is -0.133. The molecule has 220 valence electrons. The number of halogens is 4. The van der Waals surface area contributed by atoms with E-state index in [2.05, 4.69) is 20.6 Å². The number of hydrogen-bond donors (Lipinski definition) is 2. The van der Waals surface area contributed by atoms with Gasteiger partial charge < -0.3 is 24.8 Å². The molecule has 8 nitrogen and oxygen atoms in total. The zero-order valence-electron chi connectivity index (χ0n) is 23.2. The van der Waals surface area contributed by atoms with E-state index in [0.29, 0.717) is 49.9 Å². The maximum atomic E-state index is 14.0. The molecule has 1 aliphatic carbocycles. The molecule has 2 aromatic heterocycles. The van der Waals surface area contributed by atoms with E-state index in [-0.39, 0.29) is 30.2 Å². The number of nitrogens with one attached hydrogen (secondary N) is 2. The van der Waals surface area contributed by atoms with E-state index in [1.54, 1.807) is 26.2 Å². The monoisotopic (exact) mass is 574 g/mol.